The molecule has 0 aliphatic heterocycles. The third kappa shape index (κ3) is 3.21. The van der Waals surface area contributed by atoms with E-state index in [9.17, 15) is 0 Å². The van der Waals surface area contributed by atoms with Crippen LogP contribution in [0.15, 0.2) is 45.1 Å². The highest BCUT2D eigenvalue weighted by molar-refractivity contribution is 7.99. The van der Waals surface area contributed by atoms with Gasteiger partial charge in [0.05, 0.1) is 11.5 Å². The summed E-state index contributed by atoms with van der Waals surface area (Å²) >= 11 is 1.51. The van der Waals surface area contributed by atoms with E-state index in [1.807, 2.05) is 30.5 Å². The third-order valence-electron chi connectivity index (χ3n) is 3.20. The van der Waals surface area contributed by atoms with E-state index in [0.717, 1.165) is 11.6 Å². The Morgan fingerprint density at radius 2 is 2.30 bits per heavy atom. The van der Waals surface area contributed by atoms with E-state index in [0.29, 0.717) is 29.8 Å². The molecule has 1 atom stereocenters. The van der Waals surface area contributed by atoms with Crippen LogP contribution in [-0.4, -0.2) is 24.9 Å². The molecule has 0 bridgehead atoms. The Morgan fingerprint density at radius 1 is 1.43 bits per heavy atom. The fourth-order valence-electron chi connectivity index (χ4n) is 2.04. The maximum Gasteiger partial charge on any atom is 0.239 e. The molecule has 0 aromatic carbocycles. The van der Waals surface area contributed by atoms with Crippen LogP contribution < -0.4 is 0 Å². The molecule has 0 aliphatic carbocycles. The predicted octanol–water partition coefficient (Wildman–Crippen LogP) is 3.52. The Kier molecular flexibility index (Phi) is 4.61. The number of hydrogen-bond donors (Lipinski definition) is 0. The number of aryl methyl sites for hydroxylation is 1. The van der Waals surface area contributed by atoms with Gasteiger partial charge in [0, 0.05) is 13.0 Å². The van der Waals surface area contributed by atoms with Crippen LogP contribution in [0.2, 0.25) is 0 Å². The van der Waals surface area contributed by atoms with Gasteiger partial charge in [0.15, 0.2) is 16.7 Å². The van der Waals surface area contributed by atoms with E-state index < -0.39 is 0 Å². The average Bonchev–Trinajstić information content (AvgIpc) is 3.28. The summed E-state index contributed by atoms with van der Waals surface area (Å²) in [4.78, 5) is 4.36. The third-order valence-corrected chi connectivity index (χ3v) is 4.27. The second-order valence-corrected chi connectivity index (χ2v) is 6.15. The van der Waals surface area contributed by atoms with Gasteiger partial charge in [-0.2, -0.15) is 4.98 Å². The number of rotatable bonds is 7. The number of allylic oxidation sites excluding steroid dienone is 1. The summed E-state index contributed by atoms with van der Waals surface area (Å²) in [7, 11) is 0. The van der Waals surface area contributed by atoms with Crippen molar-refractivity contribution >= 4 is 11.8 Å². The van der Waals surface area contributed by atoms with Crippen LogP contribution in [0.3, 0.4) is 0 Å². The summed E-state index contributed by atoms with van der Waals surface area (Å²) < 4.78 is 12.7. The normalized spacial score (nSPS) is 12.4. The molecule has 3 rings (SSSR count). The fraction of sp³-hybridized carbons (Fsp3) is 0.333. The van der Waals surface area contributed by atoms with Gasteiger partial charge in [-0.05, 0) is 19.1 Å². The van der Waals surface area contributed by atoms with Gasteiger partial charge < -0.3 is 8.94 Å². The lowest BCUT2D eigenvalue weighted by Crippen LogP contribution is -2.01. The maximum absolute atomic E-state index is 5.42. The fourth-order valence-corrected chi connectivity index (χ4v) is 2.93. The Labute approximate surface area is 137 Å². The van der Waals surface area contributed by atoms with Crippen molar-refractivity contribution in [3.8, 4) is 11.6 Å². The quantitative estimate of drug-likeness (QED) is 0.484. The SMILES string of the molecule is C=CCn1c(SC(C)c2nc(CC)no2)nnc1-c1ccco1. The highest BCUT2D eigenvalue weighted by atomic mass is 32.2. The van der Waals surface area contributed by atoms with Crippen LogP contribution >= 0.6 is 11.8 Å². The molecule has 8 heteroatoms. The molecule has 3 aromatic heterocycles. The van der Waals surface area contributed by atoms with Crippen molar-refractivity contribution in [3.63, 3.8) is 0 Å². The summed E-state index contributed by atoms with van der Waals surface area (Å²) in [6, 6.07) is 3.68. The first kappa shape index (κ1) is 15.5. The summed E-state index contributed by atoms with van der Waals surface area (Å²) in [6.07, 6.45) is 4.16. The lowest BCUT2D eigenvalue weighted by atomic mass is 10.4. The van der Waals surface area contributed by atoms with Crippen molar-refractivity contribution in [2.45, 2.75) is 37.2 Å². The van der Waals surface area contributed by atoms with Crippen LogP contribution in [-0.2, 0) is 13.0 Å². The van der Waals surface area contributed by atoms with Gasteiger partial charge in [0.1, 0.15) is 0 Å². The number of nitrogens with zero attached hydrogens (tertiary/aromatic N) is 5. The average molecular weight is 331 g/mol. The molecule has 0 spiro atoms. The lowest BCUT2D eigenvalue weighted by Gasteiger charge is -2.08. The minimum atomic E-state index is -0.0278. The lowest BCUT2D eigenvalue weighted by molar-refractivity contribution is 0.375. The van der Waals surface area contributed by atoms with Crippen molar-refractivity contribution in [3.05, 3.63) is 42.8 Å². The number of hydrogen-bond acceptors (Lipinski definition) is 7. The highest BCUT2D eigenvalue weighted by Crippen LogP contribution is 2.34. The molecular weight excluding hydrogens is 314 g/mol. The van der Waals surface area contributed by atoms with Crippen LogP contribution in [0.5, 0.6) is 0 Å². The van der Waals surface area contributed by atoms with E-state index in [1.165, 1.54) is 11.8 Å². The monoisotopic (exact) mass is 331 g/mol. The molecule has 0 saturated carbocycles. The van der Waals surface area contributed by atoms with Crippen molar-refractivity contribution in [2.24, 2.45) is 0 Å². The molecule has 0 N–H and O–H groups in total. The van der Waals surface area contributed by atoms with Gasteiger partial charge in [0.25, 0.3) is 0 Å². The summed E-state index contributed by atoms with van der Waals surface area (Å²) in [5.74, 6) is 2.63. The van der Waals surface area contributed by atoms with Gasteiger partial charge in [0.2, 0.25) is 11.7 Å². The Balaban J connectivity index is 1.86. The molecule has 3 aromatic rings. The second-order valence-electron chi connectivity index (χ2n) is 4.85. The maximum atomic E-state index is 5.42. The van der Waals surface area contributed by atoms with Crippen molar-refractivity contribution < 1.29 is 8.94 Å². The van der Waals surface area contributed by atoms with E-state index in [4.69, 9.17) is 8.94 Å². The Bertz CT molecular complexity index is 778. The van der Waals surface area contributed by atoms with Crippen molar-refractivity contribution in [1.29, 1.82) is 0 Å². The first-order valence-corrected chi connectivity index (χ1v) is 8.18. The Hall–Kier alpha value is -2.35. The minimum absolute atomic E-state index is 0.0278. The van der Waals surface area contributed by atoms with Crippen LogP contribution in [0, 0.1) is 0 Å². The van der Waals surface area contributed by atoms with Crippen LogP contribution in [0.4, 0.5) is 0 Å². The first-order chi connectivity index (χ1) is 11.2. The molecule has 0 saturated heterocycles. The minimum Gasteiger partial charge on any atom is -0.461 e. The summed E-state index contributed by atoms with van der Waals surface area (Å²) in [6.45, 7) is 8.37. The number of thioether (sulfide) groups is 1. The van der Waals surface area contributed by atoms with Gasteiger partial charge in [-0.15, -0.1) is 16.8 Å². The van der Waals surface area contributed by atoms with Crippen molar-refractivity contribution in [2.75, 3.05) is 0 Å². The molecule has 0 fully saturated rings. The molecule has 120 valence electrons. The van der Waals surface area contributed by atoms with E-state index >= 15 is 0 Å². The molecule has 7 nitrogen and oxygen atoms in total. The zero-order chi connectivity index (χ0) is 16.2. The van der Waals surface area contributed by atoms with Gasteiger partial charge in [-0.25, -0.2) is 0 Å². The second kappa shape index (κ2) is 6.82. The smallest absolute Gasteiger partial charge is 0.239 e. The number of aromatic nitrogens is 5. The molecule has 3 heterocycles. The molecule has 23 heavy (non-hydrogen) atoms. The zero-order valence-corrected chi connectivity index (χ0v) is 13.8. The van der Waals surface area contributed by atoms with Crippen molar-refractivity contribution in [1.82, 2.24) is 24.9 Å². The molecule has 0 amide bonds. The summed E-state index contributed by atoms with van der Waals surface area (Å²) in [5.41, 5.74) is 0. The number of furan rings is 1. The van der Waals surface area contributed by atoms with E-state index in [2.05, 4.69) is 26.9 Å². The summed E-state index contributed by atoms with van der Waals surface area (Å²) in [5, 5.41) is 13.1. The zero-order valence-electron chi connectivity index (χ0n) is 13.0. The first-order valence-electron chi connectivity index (χ1n) is 7.30. The van der Waals surface area contributed by atoms with Crippen LogP contribution in [0.1, 0.15) is 30.8 Å². The largest absolute Gasteiger partial charge is 0.461 e. The Morgan fingerprint density at radius 3 is 2.96 bits per heavy atom. The van der Waals surface area contributed by atoms with Gasteiger partial charge in [-0.1, -0.05) is 29.9 Å². The van der Waals surface area contributed by atoms with Gasteiger partial charge >= 0.3 is 0 Å². The molecular formula is C15H17N5O2S. The standard InChI is InChI=1S/C15H17N5O2S/c1-4-8-20-13(11-7-6-9-21-11)17-18-15(20)23-10(3)14-16-12(5-2)19-22-14/h4,6-7,9-10H,1,5,8H2,2-3H3. The highest BCUT2D eigenvalue weighted by Gasteiger charge is 2.21. The van der Waals surface area contributed by atoms with E-state index in [-0.39, 0.29) is 5.25 Å². The van der Waals surface area contributed by atoms with Gasteiger partial charge in [-0.3, -0.25) is 4.57 Å². The van der Waals surface area contributed by atoms with Crippen LogP contribution in [0.25, 0.3) is 11.6 Å². The predicted molar refractivity (Wildman–Crippen MR) is 85.9 cm³/mol. The molecule has 0 aliphatic rings. The van der Waals surface area contributed by atoms with E-state index in [1.54, 1.807) is 12.3 Å². The molecule has 1 unspecified atom stereocenters. The molecule has 0 radical (unpaired) electrons. The topological polar surface area (TPSA) is 82.8 Å².